The second-order valence-electron chi connectivity index (χ2n) is 4.06. The summed E-state index contributed by atoms with van der Waals surface area (Å²) in [4.78, 5) is 0. The Bertz CT molecular complexity index is 689. The van der Waals surface area contributed by atoms with Gasteiger partial charge in [0.25, 0.3) is 0 Å². The smallest absolute Gasteiger partial charge is 0.144 e. The average molecular weight is 271 g/mol. The van der Waals surface area contributed by atoms with Gasteiger partial charge in [-0.2, -0.15) is 16.4 Å². The van der Waals surface area contributed by atoms with Crippen molar-refractivity contribution >= 4 is 17.0 Å². The van der Waals surface area contributed by atoms with Crippen molar-refractivity contribution in [2.75, 3.05) is 12.8 Å². The lowest BCUT2D eigenvalue weighted by Gasteiger charge is -2.07. The van der Waals surface area contributed by atoms with Crippen molar-refractivity contribution in [1.29, 1.82) is 0 Å². The first-order chi connectivity index (χ1) is 9.29. The molecule has 0 aliphatic carbocycles. The summed E-state index contributed by atoms with van der Waals surface area (Å²) in [5, 5.41) is 8.59. The van der Waals surface area contributed by atoms with Gasteiger partial charge in [0, 0.05) is 10.9 Å². The molecule has 2 heterocycles. The summed E-state index contributed by atoms with van der Waals surface area (Å²) in [6.45, 7) is 0. The van der Waals surface area contributed by atoms with E-state index in [0.29, 0.717) is 5.69 Å². The van der Waals surface area contributed by atoms with Crippen molar-refractivity contribution in [3.05, 3.63) is 47.3 Å². The van der Waals surface area contributed by atoms with E-state index in [1.165, 1.54) is 0 Å². The first-order valence-electron chi connectivity index (χ1n) is 5.80. The molecule has 2 N–H and O–H groups in total. The molecule has 3 rings (SSSR count). The van der Waals surface area contributed by atoms with Gasteiger partial charge in [-0.15, -0.1) is 0 Å². The molecule has 0 bridgehead atoms. The number of nitrogens with zero attached hydrogens (tertiary/aromatic N) is 2. The van der Waals surface area contributed by atoms with E-state index in [4.69, 9.17) is 10.5 Å². The maximum absolute atomic E-state index is 6.04. The fourth-order valence-corrected chi connectivity index (χ4v) is 2.59. The van der Waals surface area contributed by atoms with E-state index in [9.17, 15) is 0 Å². The molecule has 5 heteroatoms. The summed E-state index contributed by atoms with van der Waals surface area (Å²) in [6.07, 6.45) is 1.81. The highest BCUT2D eigenvalue weighted by molar-refractivity contribution is 7.08. The third kappa shape index (κ3) is 2.08. The molecule has 0 spiro atoms. The van der Waals surface area contributed by atoms with Crippen LogP contribution in [0.25, 0.3) is 16.9 Å². The van der Waals surface area contributed by atoms with Crippen LogP contribution in [-0.2, 0) is 0 Å². The number of ether oxygens (including phenoxy) is 1. The second kappa shape index (κ2) is 4.78. The molecule has 4 nitrogen and oxygen atoms in total. The molecule has 0 atom stereocenters. The van der Waals surface area contributed by atoms with Gasteiger partial charge in [-0.1, -0.05) is 12.1 Å². The quantitative estimate of drug-likeness (QED) is 0.796. The molecule has 3 aromatic rings. The maximum Gasteiger partial charge on any atom is 0.144 e. The van der Waals surface area contributed by atoms with Crippen LogP contribution in [0.15, 0.2) is 47.3 Å². The van der Waals surface area contributed by atoms with Gasteiger partial charge < -0.3 is 10.5 Å². The Kier molecular flexibility index (Phi) is 2.97. The van der Waals surface area contributed by atoms with Crippen LogP contribution in [0.4, 0.5) is 5.69 Å². The zero-order valence-electron chi connectivity index (χ0n) is 10.4. The van der Waals surface area contributed by atoms with Crippen LogP contribution in [-0.4, -0.2) is 16.9 Å². The minimum Gasteiger partial charge on any atom is -0.494 e. The number of anilines is 1. The summed E-state index contributed by atoms with van der Waals surface area (Å²) < 4.78 is 7.09. The van der Waals surface area contributed by atoms with E-state index in [2.05, 4.69) is 5.10 Å². The summed E-state index contributed by atoms with van der Waals surface area (Å²) in [7, 11) is 1.64. The molecule has 0 saturated carbocycles. The molecule has 0 amide bonds. The number of aromatic nitrogens is 2. The van der Waals surface area contributed by atoms with Crippen molar-refractivity contribution in [3.8, 4) is 22.7 Å². The van der Waals surface area contributed by atoms with Gasteiger partial charge in [-0.05, 0) is 23.6 Å². The molecule has 0 unspecified atom stereocenters. The van der Waals surface area contributed by atoms with Crippen molar-refractivity contribution in [2.24, 2.45) is 0 Å². The zero-order chi connectivity index (χ0) is 13.2. The van der Waals surface area contributed by atoms with E-state index in [1.54, 1.807) is 23.1 Å². The molecule has 1 aromatic carbocycles. The van der Waals surface area contributed by atoms with E-state index >= 15 is 0 Å². The van der Waals surface area contributed by atoms with Crippen molar-refractivity contribution < 1.29 is 4.74 Å². The summed E-state index contributed by atoms with van der Waals surface area (Å²) >= 11 is 1.63. The lowest BCUT2D eigenvalue weighted by Crippen LogP contribution is -1.98. The Balaban J connectivity index is 2.10. The summed E-state index contributed by atoms with van der Waals surface area (Å²) in [6, 6.07) is 9.73. The normalized spacial score (nSPS) is 10.6. The van der Waals surface area contributed by atoms with Crippen molar-refractivity contribution in [1.82, 2.24) is 9.78 Å². The molecule has 0 fully saturated rings. The number of benzene rings is 1. The number of nitrogens with two attached hydrogens (primary N) is 1. The monoisotopic (exact) mass is 271 g/mol. The number of hydrogen-bond acceptors (Lipinski definition) is 4. The average Bonchev–Trinajstić information content (AvgIpc) is 3.07. The number of rotatable bonds is 3. The van der Waals surface area contributed by atoms with Gasteiger partial charge in [0.15, 0.2) is 0 Å². The van der Waals surface area contributed by atoms with Gasteiger partial charge in [-0.25, -0.2) is 4.68 Å². The molecule has 0 saturated heterocycles. The van der Waals surface area contributed by atoms with Gasteiger partial charge >= 0.3 is 0 Å². The van der Waals surface area contributed by atoms with Crippen LogP contribution in [0, 0.1) is 0 Å². The molecule has 19 heavy (non-hydrogen) atoms. The van der Waals surface area contributed by atoms with Gasteiger partial charge in [0.05, 0.1) is 19.0 Å². The van der Waals surface area contributed by atoms with Crippen LogP contribution >= 0.6 is 11.3 Å². The largest absolute Gasteiger partial charge is 0.494 e. The molecule has 0 radical (unpaired) electrons. The zero-order valence-corrected chi connectivity index (χ0v) is 11.2. The number of thiophene rings is 1. The van der Waals surface area contributed by atoms with Crippen LogP contribution < -0.4 is 10.5 Å². The molecular weight excluding hydrogens is 258 g/mol. The third-order valence-electron chi connectivity index (χ3n) is 2.87. The minimum atomic E-state index is 0.657. The Morgan fingerprint density at radius 3 is 2.84 bits per heavy atom. The first-order valence-corrected chi connectivity index (χ1v) is 6.75. The predicted molar refractivity (Wildman–Crippen MR) is 77.8 cm³/mol. The molecular formula is C14H13N3OS. The SMILES string of the molecule is COc1ccccc1-n1cc(N)c(-c2ccsc2)n1. The Morgan fingerprint density at radius 1 is 1.26 bits per heavy atom. The number of hydrogen-bond donors (Lipinski definition) is 1. The van der Waals surface area contributed by atoms with Gasteiger partial charge in [0.2, 0.25) is 0 Å². The second-order valence-corrected chi connectivity index (χ2v) is 4.84. The summed E-state index contributed by atoms with van der Waals surface area (Å²) in [5.74, 6) is 0.766. The highest BCUT2D eigenvalue weighted by Gasteiger charge is 2.12. The first kappa shape index (κ1) is 11.8. The molecule has 0 aliphatic heterocycles. The predicted octanol–water partition coefficient (Wildman–Crippen LogP) is 3.19. The molecule has 96 valence electrons. The lowest BCUT2D eigenvalue weighted by atomic mass is 10.2. The number of nitrogen functional groups attached to an aromatic ring is 1. The topological polar surface area (TPSA) is 53.1 Å². The molecule has 0 aliphatic rings. The van der Waals surface area contributed by atoms with Crippen molar-refractivity contribution in [3.63, 3.8) is 0 Å². The van der Waals surface area contributed by atoms with E-state index < -0.39 is 0 Å². The van der Waals surface area contributed by atoms with Gasteiger partial charge in [-0.3, -0.25) is 0 Å². The van der Waals surface area contributed by atoms with E-state index in [1.807, 2.05) is 47.3 Å². The van der Waals surface area contributed by atoms with Crippen molar-refractivity contribution in [2.45, 2.75) is 0 Å². The lowest BCUT2D eigenvalue weighted by molar-refractivity contribution is 0.412. The number of methoxy groups -OCH3 is 1. The van der Waals surface area contributed by atoms with E-state index in [-0.39, 0.29) is 0 Å². The highest BCUT2D eigenvalue weighted by atomic mass is 32.1. The van der Waals surface area contributed by atoms with Gasteiger partial charge in [0.1, 0.15) is 17.1 Å². The fourth-order valence-electron chi connectivity index (χ4n) is 1.95. The summed E-state index contributed by atoms with van der Waals surface area (Å²) in [5.41, 5.74) is 9.41. The minimum absolute atomic E-state index is 0.657. The Morgan fingerprint density at radius 2 is 2.11 bits per heavy atom. The third-order valence-corrected chi connectivity index (χ3v) is 3.55. The maximum atomic E-state index is 6.04. The van der Waals surface area contributed by atoms with Crippen LogP contribution in [0.1, 0.15) is 0 Å². The Hall–Kier alpha value is -2.27. The Labute approximate surface area is 115 Å². The number of para-hydroxylation sites is 2. The fraction of sp³-hybridized carbons (Fsp3) is 0.0714. The van der Waals surface area contributed by atoms with Crippen LogP contribution in [0.3, 0.4) is 0 Å². The highest BCUT2D eigenvalue weighted by Crippen LogP contribution is 2.29. The van der Waals surface area contributed by atoms with E-state index in [0.717, 1.165) is 22.7 Å². The van der Waals surface area contributed by atoms with Crippen LogP contribution in [0.5, 0.6) is 5.75 Å². The van der Waals surface area contributed by atoms with Crippen LogP contribution in [0.2, 0.25) is 0 Å². The molecule has 2 aromatic heterocycles. The standard InChI is InChI=1S/C14H13N3OS/c1-18-13-5-3-2-4-12(13)17-8-11(15)14(16-17)10-6-7-19-9-10/h2-9H,15H2,1H3.